The minimum Gasteiger partial charge on any atom is -0.444 e. The fourth-order valence-electron chi connectivity index (χ4n) is 1.20. The molecule has 0 bridgehead atoms. The molecule has 0 spiro atoms. The van der Waals surface area contributed by atoms with Crippen LogP contribution in [0.4, 0.5) is 4.79 Å². The van der Waals surface area contributed by atoms with Crippen LogP contribution in [0, 0.1) is 24.7 Å². The Labute approximate surface area is 105 Å². The predicted molar refractivity (Wildman–Crippen MR) is 69.3 cm³/mol. The molecule has 17 heavy (non-hydrogen) atoms. The van der Waals surface area contributed by atoms with Crippen LogP contribution in [0.2, 0.25) is 0 Å². The number of carbonyl (C=O) groups excluding carboxylic acids is 1. The quantitative estimate of drug-likeness (QED) is 0.541. The van der Waals surface area contributed by atoms with Crippen molar-refractivity contribution in [3.05, 3.63) is 0 Å². The van der Waals surface area contributed by atoms with Gasteiger partial charge in [0.25, 0.3) is 0 Å². The van der Waals surface area contributed by atoms with Gasteiger partial charge in [-0.25, -0.2) is 4.79 Å². The Morgan fingerprint density at radius 2 is 1.88 bits per heavy atom. The second-order valence-electron chi connectivity index (χ2n) is 4.77. The number of terminal acetylenes is 2. The van der Waals surface area contributed by atoms with Crippen molar-refractivity contribution in [1.82, 2.24) is 4.90 Å². The van der Waals surface area contributed by atoms with Crippen LogP contribution < -0.4 is 0 Å². The molecule has 0 aliphatic carbocycles. The van der Waals surface area contributed by atoms with Crippen LogP contribution in [-0.4, -0.2) is 29.7 Å². The molecule has 0 saturated heterocycles. The molecule has 0 aromatic heterocycles. The van der Waals surface area contributed by atoms with Gasteiger partial charge in [-0.05, 0) is 33.6 Å². The fraction of sp³-hybridized carbons (Fsp3) is 0.643. The molecule has 1 amide bonds. The summed E-state index contributed by atoms with van der Waals surface area (Å²) in [6, 6.07) is 0. The summed E-state index contributed by atoms with van der Waals surface area (Å²) in [5.74, 6) is 5.03. The number of rotatable bonds is 5. The van der Waals surface area contributed by atoms with Gasteiger partial charge in [-0.2, -0.15) is 0 Å². The van der Waals surface area contributed by atoms with E-state index >= 15 is 0 Å². The number of unbranched alkanes of at least 4 members (excludes halogenated alkanes) is 2. The van der Waals surface area contributed by atoms with Crippen LogP contribution in [0.1, 0.15) is 40.0 Å². The standard InChI is InChI=1S/C14H21NO2/c1-6-8-9-10-12-15(11-7-2)13(16)17-14(3,4)5/h1-2H,8-12H2,3-5H3. The molecule has 3 heteroatoms. The maximum atomic E-state index is 11.8. The Balaban J connectivity index is 4.19. The molecule has 0 aromatic carbocycles. The molecular formula is C14H21NO2. The Morgan fingerprint density at radius 3 is 2.35 bits per heavy atom. The molecule has 0 unspecified atom stereocenters. The van der Waals surface area contributed by atoms with E-state index in [9.17, 15) is 4.79 Å². The lowest BCUT2D eigenvalue weighted by Gasteiger charge is -2.26. The number of carbonyl (C=O) groups is 1. The molecule has 94 valence electrons. The van der Waals surface area contributed by atoms with Gasteiger partial charge in [0, 0.05) is 13.0 Å². The number of hydrogen-bond donors (Lipinski definition) is 0. The summed E-state index contributed by atoms with van der Waals surface area (Å²) in [6.07, 6.45) is 12.5. The van der Waals surface area contributed by atoms with Crippen molar-refractivity contribution >= 4 is 6.09 Å². The van der Waals surface area contributed by atoms with Gasteiger partial charge in [0.15, 0.2) is 0 Å². The van der Waals surface area contributed by atoms with E-state index in [0.29, 0.717) is 6.54 Å². The normalized spacial score (nSPS) is 10.2. The van der Waals surface area contributed by atoms with Gasteiger partial charge in [0.2, 0.25) is 0 Å². The summed E-state index contributed by atoms with van der Waals surface area (Å²) in [4.78, 5) is 13.3. The Hall–Kier alpha value is -1.61. The summed E-state index contributed by atoms with van der Waals surface area (Å²) in [7, 11) is 0. The van der Waals surface area contributed by atoms with Crippen molar-refractivity contribution in [1.29, 1.82) is 0 Å². The highest BCUT2D eigenvalue weighted by Crippen LogP contribution is 2.10. The first-order valence-electron chi connectivity index (χ1n) is 5.75. The molecule has 0 rings (SSSR count). The third-order valence-electron chi connectivity index (χ3n) is 1.93. The van der Waals surface area contributed by atoms with Crippen LogP contribution >= 0.6 is 0 Å². The van der Waals surface area contributed by atoms with Crippen LogP contribution in [-0.2, 0) is 4.74 Å². The first-order chi connectivity index (χ1) is 7.90. The lowest BCUT2D eigenvalue weighted by molar-refractivity contribution is 0.0273. The Morgan fingerprint density at radius 1 is 1.24 bits per heavy atom. The molecule has 0 aliphatic rings. The zero-order chi connectivity index (χ0) is 13.3. The fourth-order valence-corrected chi connectivity index (χ4v) is 1.20. The molecule has 0 aliphatic heterocycles. The number of hydrogen-bond acceptors (Lipinski definition) is 2. The van der Waals surface area contributed by atoms with E-state index in [0.717, 1.165) is 19.3 Å². The summed E-state index contributed by atoms with van der Waals surface area (Å²) < 4.78 is 5.26. The highest BCUT2D eigenvalue weighted by atomic mass is 16.6. The van der Waals surface area contributed by atoms with Crippen LogP contribution in [0.15, 0.2) is 0 Å². The van der Waals surface area contributed by atoms with Crippen molar-refractivity contribution in [3.63, 3.8) is 0 Å². The summed E-state index contributed by atoms with van der Waals surface area (Å²) >= 11 is 0. The highest BCUT2D eigenvalue weighted by molar-refractivity contribution is 5.68. The average molecular weight is 235 g/mol. The maximum Gasteiger partial charge on any atom is 0.411 e. The predicted octanol–water partition coefficient (Wildman–Crippen LogP) is 2.66. The van der Waals surface area contributed by atoms with Crippen LogP contribution in [0.5, 0.6) is 0 Å². The maximum absolute atomic E-state index is 11.8. The molecule has 0 aromatic rings. The third kappa shape index (κ3) is 8.22. The first-order valence-corrected chi connectivity index (χ1v) is 5.75. The Bertz CT molecular complexity index is 315. The summed E-state index contributed by atoms with van der Waals surface area (Å²) in [6.45, 7) is 6.34. The molecule has 0 N–H and O–H groups in total. The summed E-state index contributed by atoms with van der Waals surface area (Å²) in [5.41, 5.74) is -0.497. The number of nitrogens with zero attached hydrogens (tertiary/aromatic N) is 1. The highest BCUT2D eigenvalue weighted by Gasteiger charge is 2.20. The molecule has 3 nitrogen and oxygen atoms in total. The van der Waals surface area contributed by atoms with Crippen LogP contribution in [0.25, 0.3) is 0 Å². The van der Waals surface area contributed by atoms with E-state index in [1.165, 1.54) is 4.90 Å². The van der Waals surface area contributed by atoms with Gasteiger partial charge in [-0.15, -0.1) is 18.8 Å². The number of ether oxygens (including phenoxy) is 1. The average Bonchev–Trinajstić information content (AvgIpc) is 2.20. The monoisotopic (exact) mass is 235 g/mol. The first kappa shape index (κ1) is 15.4. The van der Waals surface area contributed by atoms with Crippen molar-refractivity contribution < 1.29 is 9.53 Å². The zero-order valence-corrected chi connectivity index (χ0v) is 11.0. The molecule has 0 atom stereocenters. The smallest absolute Gasteiger partial charge is 0.411 e. The van der Waals surface area contributed by atoms with E-state index in [4.69, 9.17) is 17.6 Å². The van der Waals surface area contributed by atoms with E-state index in [2.05, 4.69) is 11.8 Å². The van der Waals surface area contributed by atoms with Crippen molar-refractivity contribution in [3.8, 4) is 24.7 Å². The molecule has 0 fully saturated rings. The second-order valence-corrected chi connectivity index (χ2v) is 4.77. The summed E-state index contributed by atoms with van der Waals surface area (Å²) in [5, 5.41) is 0. The lowest BCUT2D eigenvalue weighted by Crippen LogP contribution is -2.37. The molecular weight excluding hydrogens is 214 g/mol. The van der Waals surface area contributed by atoms with Crippen molar-refractivity contribution in [2.24, 2.45) is 0 Å². The molecule has 0 saturated carbocycles. The Kier molecular flexibility index (Phi) is 6.91. The van der Waals surface area contributed by atoms with E-state index in [-0.39, 0.29) is 12.6 Å². The van der Waals surface area contributed by atoms with E-state index < -0.39 is 5.60 Å². The van der Waals surface area contributed by atoms with Gasteiger partial charge in [-0.3, -0.25) is 4.90 Å². The van der Waals surface area contributed by atoms with Gasteiger partial charge >= 0.3 is 6.09 Å². The molecule has 0 radical (unpaired) electrons. The van der Waals surface area contributed by atoms with Gasteiger partial charge in [0.05, 0.1) is 6.54 Å². The number of amides is 1. The van der Waals surface area contributed by atoms with Gasteiger partial charge in [-0.1, -0.05) is 5.92 Å². The second kappa shape index (κ2) is 7.63. The van der Waals surface area contributed by atoms with Crippen molar-refractivity contribution in [2.75, 3.05) is 13.1 Å². The topological polar surface area (TPSA) is 29.5 Å². The largest absolute Gasteiger partial charge is 0.444 e. The van der Waals surface area contributed by atoms with E-state index in [1.54, 1.807) is 0 Å². The van der Waals surface area contributed by atoms with Crippen LogP contribution in [0.3, 0.4) is 0 Å². The zero-order valence-electron chi connectivity index (χ0n) is 11.0. The lowest BCUT2D eigenvalue weighted by atomic mass is 10.2. The third-order valence-corrected chi connectivity index (χ3v) is 1.93. The van der Waals surface area contributed by atoms with Gasteiger partial charge < -0.3 is 4.74 Å². The SMILES string of the molecule is C#CCCCCN(CC#C)C(=O)OC(C)(C)C. The molecule has 0 heterocycles. The van der Waals surface area contributed by atoms with E-state index in [1.807, 2.05) is 20.8 Å². The minimum absolute atomic E-state index is 0.269. The minimum atomic E-state index is -0.497. The van der Waals surface area contributed by atoms with Gasteiger partial charge in [0.1, 0.15) is 5.60 Å². The van der Waals surface area contributed by atoms with Crippen molar-refractivity contribution in [2.45, 2.75) is 45.6 Å².